The number of hydrazone groups is 1. The summed E-state index contributed by atoms with van der Waals surface area (Å²) in [5, 5.41) is 6.67. The molecule has 0 spiro atoms. The Balaban J connectivity index is 1.99. The van der Waals surface area contributed by atoms with Gasteiger partial charge in [0.25, 0.3) is 0 Å². The highest BCUT2D eigenvalue weighted by molar-refractivity contribution is 9.11. The van der Waals surface area contributed by atoms with Crippen molar-refractivity contribution < 1.29 is 9.53 Å². The van der Waals surface area contributed by atoms with E-state index in [0.717, 1.165) is 25.8 Å². The van der Waals surface area contributed by atoms with E-state index in [2.05, 4.69) is 53.6 Å². The summed E-state index contributed by atoms with van der Waals surface area (Å²) in [6.07, 6.45) is 6.72. The molecule has 2 rings (SSSR count). The van der Waals surface area contributed by atoms with Crippen molar-refractivity contribution in [1.29, 1.82) is 0 Å². The highest BCUT2D eigenvalue weighted by atomic mass is 79.9. The molecule has 0 heterocycles. The summed E-state index contributed by atoms with van der Waals surface area (Å²) in [7, 11) is 0. The Morgan fingerprint density at radius 1 is 1.32 bits per heavy atom. The van der Waals surface area contributed by atoms with Crippen LogP contribution in [0, 0.1) is 19.3 Å². The first kappa shape index (κ1) is 19.0. The summed E-state index contributed by atoms with van der Waals surface area (Å²) in [4.78, 5) is 11.9. The second-order valence-corrected chi connectivity index (χ2v) is 6.65. The maximum atomic E-state index is 11.9. The molecule has 0 aliphatic carbocycles. The van der Waals surface area contributed by atoms with E-state index in [9.17, 15) is 4.79 Å². The minimum atomic E-state index is -0.419. The maximum Gasteiger partial charge on any atom is 0.339 e. The number of benzene rings is 2. The van der Waals surface area contributed by atoms with Crippen LogP contribution in [0.3, 0.4) is 0 Å². The van der Waals surface area contributed by atoms with Crippen LogP contribution < -0.4 is 15.5 Å². The lowest BCUT2D eigenvalue weighted by atomic mass is 10.2. The molecule has 0 saturated carbocycles. The van der Waals surface area contributed by atoms with Crippen LogP contribution in [0.2, 0.25) is 0 Å². The number of carbonyl (C=O) groups excluding carboxylic acids is 1. The molecule has 2 amide bonds. The molecule has 2 N–H and O–H groups in total. The largest absolute Gasteiger partial charge is 0.479 e. The van der Waals surface area contributed by atoms with Crippen LogP contribution in [-0.2, 0) is 0 Å². The Morgan fingerprint density at radius 2 is 2.00 bits per heavy atom. The number of halogens is 2. The van der Waals surface area contributed by atoms with E-state index in [4.69, 9.17) is 11.2 Å². The summed E-state index contributed by atoms with van der Waals surface area (Å²) < 4.78 is 6.89. The predicted molar refractivity (Wildman–Crippen MR) is 107 cm³/mol. The summed E-state index contributed by atoms with van der Waals surface area (Å²) in [5.74, 6) is 3.02. The Bertz CT molecular complexity index is 821. The highest BCUT2D eigenvalue weighted by Crippen LogP contribution is 2.34. The molecule has 0 saturated heterocycles. The number of nitrogens with one attached hydrogen (secondary N) is 2. The Labute approximate surface area is 163 Å². The number of ether oxygens (including phenoxy) is 1. The third kappa shape index (κ3) is 5.62. The van der Waals surface area contributed by atoms with E-state index in [0.29, 0.717) is 5.75 Å². The number of aryl methyl sites for hydroxylation is 1. The van der Waals surface area contributed by atoms with E-state index in [-0.39, 0.29) is 6.61 Å². The molecule has 0 radical (unpaired) electrons. The van der Waals surface area contributed by atoms with E-state index in [1.54, 1.807) is 12.1 Å². The number of rotatable bonds is 5. The zero-order valence-corrected chi connectivity index (χ0v) is 16.5. The van der Waals surface area contributed by atoms with Gasteiger partial charge in [-0.2, -0.15) is 5.10 Å². The van der Waals surface area contributed by atoms with Crippen LogP contribution in [0.1, 0.15) is 11.1 Å². The number of hydrogen-bond acceptors (Lipinski definition) is 3. The minimum Gasteiger partial charge on any atom is -0.479 e. The number of urea groups is 1. The van der Waals surface area contributed by atoms with Gasteiger partial charge >= 0.3 is 6.03 Å². The number of nitrogens with zero attached hydrogens (tertiary/aromatic N) is 1. The molecule has 0 atom stereocenters. The summed E-state index contributed by atoms with van der Waals surface area (Å²) in [6, 6.07) is 10.7. The minimum absolute atomic E-state index is 0.172. The second kappa shape index (κ2) is 9.25. The third-order valence-electron chi connectivity index (χ3n) is 3.09. The summed E-state index contributed by atoms with van der Waals surface area (Å²) in [5.41, 5.74) is 4.89. The van der Waals surface area contributed by atoms with E-state index in [1.807, 2.05) is 31.2 Å². The van der Waals surface area contributed by atoms with E-state index >= 15 is 0 Å². The predicted octanol–water partition coefficient (Wildman–Crippen LogP) is 4.69. The zero-order chi connectivity index (χ0) is 18.2. The van der Waals surface area contributed by atoms with Crippen LogP contribution in [0.4, 0.5) is 10.5 Å². The van der Waals surface area contributed by atoms with Crippen molar-refractivity contribution in [3.05, 3.63) is 56.5 Å². The van der Waals surface area contributed by atoms with Crippen LogP contribution in [0.5, 0.6) is 5.75 Å². The highest BCUT2D eigenvalue weighted by Gasteiger charge is 2.08. The van der Waals surface area contributed by atoms with Gasteiger partial charge in [0.1, 0.15) is 12.4 Å². The fourth-order valence-electron chi connectivity index (χ4n) is 1.93. The van der Waals surface area contributed by atoms with Crippen molar-refractivity contribution in [2.45, 2.75) is 6.92 Å². The first-order chi connectivity index (χ1) is 12.0. The average molecular weight is 465 g/mol. The lowest BCUT2D eigenvalue weighted by Crippen LogP contribution is -2.24. The topological polar surface area (TPSA) is 62.7 Å². The fourth-order valence-corrected chi connectivity index (χ4v) is 3.39. The van der Waals surface area contributed by atoms with Gasteiger partial charge in [0.05, 0.1) is 15.2 Å². The van der Waals surface area contributed by atoms with Crippen LogP contribution >= 0.6 is 31.9 Å². The number of amides is 2. The van der Waals surface area contributed by atoms with Crippen molar-refractivity contribution in [2.75, 3.05) is 11.9 Å². The lowest BCUT2D eigenvalue weighted by molar-refractivity contribution is 0.252. The number of carbonyl (C=O) groups is 1. The van der Waals surface area contributed by atoms with Gasteiger partial charge in [0, 0.05) is 5.69 Å². The molecule has 0 bridgehead atoms. The first-order valence-electron chi connectivity index (χ1n) is 7.22. The number of anilines is 1. The molecule has 128 valence electrons. The number of hydrogen-bond donors (Lipinski definition) is 2. The molecular weight excluding hydrogens is 450 g/mol. The molecule has 2 aromatic rings. The molecule has 7 heteroatoms. The van der Waals surface area contributed by atoms with Crippen LogP contribution in [0.25, 0.3) is 0 Å². The lowest BCUT2D eigenvalue weighted by Gasteiger charge is -2.09. The zero-order valence-electron chi connectivity index (χ0n) is 13.3. The molecule has 0 fully saturated rings. The second-order valence-electron chi connectivity index (χ2n) is 4.95. The molecule has 2 aromatic carbocycles. The molecule has 0 aromatic heterocycles. The van der Waals surface area contributed by atoms with E-state index < -0.39 is 6.03 Å². The normalized spacial score (nSPS) is 10.3. The molecule has 0 unspecified atom stereocenters. The molecule has 25 heavy (non-hydrogen) atoms. The van der Waals surface area contributed by atoms with Gasteiger partial charge in [0.2, 0.25) is 0 Å². The fraction of sp³-hybridized carbons (Fsp3) is 0.111. The monoisotopic (exact) mass is 463 g/mol. The van der Waals surface area contributed by atoms with Crippen molar-refractivity contribution >= 4 is 49.8 Å². The summed E-state index contributed by atoms with van der Waals surface area (Å²) >= 11 is 6.83. The van der Waals surface area contributed by atoms with E-state index in [1.165, 1.54) is 6.21 Å². The molecular formula is C18H15Br2N3O2. The summed E-state index contributed by atoms with van der Waals surface area (Å²) in [6.45, 7) is 2.09. The SMILES string of the molecule is C#CCOc1c(Br)cc(C=NNC(=O)Nc2ccccc2C)cc1Br. The van der Waals surface area contributed by atoms with Crippen molar-refractivity contribution in [1.82, 2.24) is 5.43 Å². The van der Waals surface area contributed by atoms with Gasteiger partial charge in [-0.3, -0.25) is 0 Å². The molecule has 5 nitrogen and oxygen atoms in total. The van der Waals surface area contributed by atoms with Gasteiger partial charge < -0.3 is 10.1 Å². The molecule has 0 aliphatic rings. The standard InChI is InChI=1S/C18H15Br2N3O2/c1-3-8-25-17-14(19)9-13(10-15(17)20)11-21-23-18(24)22-16-7-5-4-6-12(16)2/h1,4-7,9-11H,8H2,2H3,(H2,22,23,24). The molecule has 0 aliphatic heterocycles. The Hall–Kier alpha value is -2.30. The van der Waals surface area contributed by atoms with Gasteiger partial charge in [-0.25, -0.2) is 10.2 Å². The number of terminal acetylenes is 1. The van der Waals surface area contributed by atoms with Gasteiger partial charge in [-0.05, 0) is 68.1 Å². The van der Waals surface area contributed by atoms with Gasteiger partial charge in [0.15, 0.2) is 0 Å². The maximum absolute atomic E-state index is 11.9. The number of para-hydroxylation sites is 1. The van der Waals surface area contributed by atoms with Gasteiger partial charge in [-0.15, -0.1) is 6.42 Å². The smallest absolute Gasteiger partial charge is 0.339 e. The van der Waals surface area contributed by atoms with Gasteiger partial charge in [-0.1, -0.05) is 24.1 Å². The first-order valence-corrected chi connectivity index (χ1v) is 8.81. The van der Waals surface area contributed by atoms with Crippen LogP contribution in [0.15, 0.2) is 50.4 Å². The van der Waals surface area contributed by atoms with Crippen molar-refractivity contribution in [3.63, 3.8) is 0 Å². The quantitative estimate of drug-likeness (QED) is 0.383. The Morgan fingerprint density at radius 3 is 2.64 bits per heavy atom. The average Bonchev–Trinajstić information content (AvgIpc) is 2.56. The third-order valence-corrected chi connectivity index (χ3v) is 4.27. The Kier molecular flexibility index (Phi) is 7.04. The van der Waals surface area contributed by atoms with Crippen molar-refractivity contribution in [2.24, 2.45) is 5.10 Å². The van der Waals surface area contributed by atoms with Crippen molar-refractivity contribution in [3.8, 4) is 18.1 Å². The van der Waals surface area contributed by atoms with Crippen LogP contribution in [-0.4, -0.2) is 18.9 Å².